The van der Waals surface area contributed by atoms with E-state index in [-0.39, 0.29) is 0 Å². The van der Waals surface area contributed by atoms with Crippen molar-refractivity contribution in [1.29, 1.82) is 0 Å². The molecule has 1 aromatic heterocycles. The molecule has 1 aliphatic rings. The lowest BCUT2D eigenvalue weighted by Crippen LogP contribution is -2.36. The lowest BCUT2D eigenvalue weighted by molar-refractivity contribution is 0.0443. The van der Waals surface area contributed by atoms with E-state index < -0.39 is 0 Å². The number of fused-ring (bicyclic) bond motifs is 1. The summed E-state index contributed by atoms with van der Waals surface area (Å²) < 4.78 is 21.9. The first-order valence-electron chi connectivity index (χ1n) is 9.87. The first kappa shape index (κ1) is 20.1. The molecular formula is C23H25N3O4. The standard InChI is InChI=1S/C23H25N3O4/c1-27-18-6-7-19-20(16-18)25-23(24-19)17-5-8-21(22(15-17)28-2)30-12-4-3-9-26-10-13-29-14-11-26/h5-8,15-16H,9-14H2,1-2H3,(H,24,25). The maximum Gasteiger partial charge on any atom is 0.162 e. The average Bonchev–Trinajstić information content (AvgIpc) is 3.23. The van der Waals surface area contributed by atoms with Gasteiger partial charge in [-0.1, -0.05) is 11.8 Å². The van der Waals surface area contributed by atoms with Crippen molar-refractivity contribution < 1.29 is 18.9 Å². The number of hydrogen-bond acceptors (Lipinski definition) is 6. The Morgan fingerprint density at radius 2 is 1.90 bits per heavy atom. The summed E-state index contributed by atoms with van der Waals surface area (Å²) >= 11 is 0. The number of benzene rings is 2. The highest BCUT2D eigenvalue weighted by Crippen LogP contribution is 2.32. The van der Waals surface area contributed by atoms with Gasteiger partial charge in [0.25, 0.3) is 0 Å². The lowest BCUT2D eigenvalue weighted by Gasteiger charge is -2.24. The second-order valence-corrected chi connectivity index (χ2v) is 6.86. The molecule has 0 amide bonds. The van der Waals surface area contributed by atoms with Crippen molar-refractivity contribution in [2.24, 2.45) is 0 Å². The highest BCUT2D eigenvalue weighted by atomic mass is 16.5. The zero-order chi connectivity index (χ0) is 20.8. The highest BCUT2D eigenvalue weighted by Gasteiger charge is 2.11. The quantitative estimate of drug-likeness (QED) is 0.634. The zero-order valence-electron chi connectivity index (χ0n) is 17.2. The Hall–Kier alpha value is -3.21. The molecule has 0 atom stereocenters. The number of rotatable bonds is 6. The third kappa shape index (κ3) is 4.67. The van der Waals surface area contributed by atoms with Gasteiger partial charge in [-0.15, -0.1) is 0 Å². The summed E-state index contributed by atoms with van der Waals surface area (Å²) in [5, 5.41) is 0. The van der Waals surface area contributed by atoms with E-state index in [1.54, 1.807) is 14.2 Å². The van der Waals surface area contributed by atoms with Crippen LogP contribution in [0.3, 0.4) is 0 Å². The second-order valence-electron chi connectivity index (χ2n) is 6.86. The SMILES string of the molecule is COc1ccc2nc(-c3ccc(OCC#CCN4CCOCC4)c(OC)c3)[nH]c2c1. The summed E-state index contributed by atoms with van der Waals surface area (Å²) in [4.78, 5) is 10.2. The Labute approximate surface area is 175 Å². The van der Waals surface area contributed by atoms with Crippen LogP contribution in [-0.4, -0.2) is 68.5 Å². The molecule has 1 aliphatic heterocycles. The third-order valence-electron chi connectivity index (χ3n) is 4.96. The van der Waals surface area contributed by atoms with E-state index in [2.05, 4.69) is 26.7 Å². The van der Waals surface area contributed by atoms with Crippen molar-refractivity contribution in [1.82, 2.24) is 14.9 Å². The van der Waals surface area contributed by atoms with Crippen LogP contribution in [0.1, 0.15) is 0 Å². The number of nitrogens with zero attached hydrogens (tertiary/aromatic N) is 2. The molecule has 1 fully saturated rings. The normalized spacial score (nSPS) is 14.2. The van der Waals surface area contributed by atoms with E-state index in [0.29, 0.717) is 18.1 Å². The maximum atomic E-state index is 5.81. The highest BCUT2D eigenvalue weighted by molar-refractivity contribution is 5.81. The molecule has 30 heavy (non-hydrogen) atoms. The molecule has 0 unspecified atom stereocenters. The number of aromatic amines is 1. The van der Waals surface area contributed by atoms with Crippen molar-refractivity contribution in [2.75, 3.05) is 53.7 Å². The fourth-order valence-corrected chi connectivity index (χ4v) is 3.28. The number of morpholine rings is 1. The van der Waals surface area contributed by atoms with Crippen LogP contribution in [0.5, 0.6) is 17.2 Å². The van der Waals surface area contributed by atoms with Crippen LogP contribution >= 0.6 is 0 Å². The Balaban J connectivity index is 1.42. The van der Waals surface area contributed by atoms with Crippen LogP contribution < -0.4 is 14.2 Å². The van der Waals surface area contributed by atoms with Gasteiger partial charge in [0.1, 0.15) is 18.2 Å². The monoisotopic (exact) mass is 407 g/mol. The number of ether oxygens (including phenoxy) is 4. The molecule has 1 N–H and O–H groups in total. The Bertz CT molecular complexity index is 1060. The minimum atomic E-state index is 0.310. The number of methoxy groups -OCH3 is 2. The van der Waals surface area contributed by atoms with Gasteiger partial charge in [-0.25, -0.2) is 4.98 Å². The van der Waals surface area contributed by atoms with Crippen molar-refractivity contribution in [3.8, 4) is 40.5 Å². The first-order chi connectivity index (χ1) is 14.8. The Morgan fingerprint density at radius 1 is 1.03 bits per heavy atom. The van der Waals surface area contributed by atoms with E-state index in [1.807, 2.05) is 36.4 Å². The van der Waals surface area contributed by atoms with Gasteiger partial charge in [0.2, 0.25) is 0 Å². The summed E-state index contributed by atoms with van der Waals surface area (Å²) in [7, 11) is 3.27. The first-order valence-corrected chi connectivity index (χ1v) is 9.87. The van der Waals surface area contributed by atoms with E-state index in [4.69, 9.17) is 18.9 Å². The summed E-state index contributed by atoms with van der Waals surface area (Å²) in [6.45, 7) is 4.46. The van der Waals surface area contributed by atoms with Gasteiger partial charge in [-0.05, 0) is 30.3 Å². The summed E-state index contributed by atoms with van der Waals surface area (Å²) in [5.41, 5.74) is 2.70. The van der Waals surface area contributed by atoms with Crippen molar-refractivity contribution in [2.45, 2.75) is 0 Å². The van der Waals surface area contributed by atoms with E-state index in [0.717, 1.165) is 61.0 Å². The molecule has 7 heteroatoms. The van der Waals surface area contributed by atoms with Crippen LogP contribution in [0.2, 0.25) is 0 Å². The third-order valence-corrected chi connectivity index (χ3v) is 4.96. The van der Waals surface area contributed by atoms with Gasteiger partial charge in [0.15, 0.2) is 11.5 Å². The molecule has 1 saturated heterocycles. The van der Waals surface area contributed by atoms with Crippen LogP contribution in [0.15, 0.2) is 36.4 Å². The second kappa shape index (κ2) is 9.53. The predicted octanol–water partition coefficient (Wildman–Crippen LogP) is 2.96. The van der Waals surface area contributed by atoms with Crippen molar-refractivity contribution in [3.05, 3.63) is 36.4 Å². The minimum absolute atomic E-state index is 0.310. The molecule has 156 valence electrons. The zero-order valence-corrected chi connectivity index (χ0v) is 17.2. The maximum absolute atomic E-state index is 5.81. The molecule has 0 spiro atoms. The number of nitrogens with one attached hydrogen (secondary N) is 1. The Kier molecular flexibility index (Phi) is 6.38. The molecule has 0 aliphatic carbocycles. The molecule has 7 nitrogen and oxygen atoms in total. The number of H-pyrrole nitrogens is 1. The molecule has 0 saturated carbocycles. The largest absolute Gasteiger partial charge is 0.497 e. The minimum Gasteiger partial charge on any atom is -0.497 e. The van der Waals surface area contributed by atoms with Gasteiger partial charge in [0, 0.05) is 24.7 Å². The summed E-state index contributed by atoms with van der Waals surface area (Å²) in [5.74, 6) is 9.06. The van der Waals surface area contributed by atoms with Crippen LogP contribution in [-0.2, 0) is 4.74 Å². The van der Waals surface area contributed by atoms with E-state index in [9.17, 15) is 0 Å². The lowest BCUT2D eigenvalue weighted by atomic mass is 10.2. The number of imidazole rings is 1. The van der Waals surface area contributed by atoms with Gasteiger partial charge < -0.3 is 23.9 Å². The van der Waals surface area contributed by atoms with Gasteiger partial charge >= 0.3 is 0 Å². The molecule has 2 heterocycles. The molecule has 0 radical (unpaired) electrons. The predicted molar refractivity (Wildman–Crippen MR) is 115 cm³/mol. The molecule has 4 rings (SSSR count). The van der Waals surface area contributed by atoms with Crippen LogP contribution in [0.4, 0.5) is 0 Å². The van der Waals surface area contributed by atoms with Gasteiger partial charge in [0.05, 0.1) is 45.0 Å². The summed E-state index contributed by atoms with van der Waals surface area (Å²) in [6, 6.07) is 11.5. The smallest absolute Gasteiger partial charge is 0.162 e. The van der Waals surface area contributed by atoms with Crippen LogP contribution in [0.25, 0.3) is 22.4 Å². The number of aromatic nitrogens is 2. The Morgan fingerprint density at radius 3 is 2.70 bits per heavy atom. The summed E-state index contributed by atoms with van der Waals surface area (Å²) in [6.07, 6.45) is 0. The van der Waals surface area contributed by atoms with Gasteiger partial charge in [-0.2, -0.15) is 0 Å². The molecular weight excluding hydrogens is 382 g/mol. The topological polar surface area (TPSA) is 68.8 Å². The molecule has 0 bridgehead atoms. The molecule has 3 aromatic rings. The van der Waals surface area contributed by atoms with Crippen LogP contribution in [0, 0.1) is 11.8 Å². The van der Waals surface area contributed by atoms with Crippen molar-refractivity contribution in [3.63, 3.8) is 0 Å². The number of hydrogen-bond donors (Lipinski definition) is 1. The fourth-order valence-electron chi connectivity index (χ4n) is 3.28. The van der Waals surface area contributed by atoms with E-state index in [1.165, 1.54) is 0 Å². The van der Waals surface area contributed by atoms with E-state index >= 15 is 0 Å². The average molecular weight is 407 g/mol. The fraction of sp³-hybridized carbons (Fsp3) is 0.348. The van der Waals surface area contributed by atoms with Crippen molar-refractivity contribution >= 4 is 11.0 Å². The van der Waals surface area contributed by atoms with Gasteiger partial charge in [-0.3, -0.25) is 4.90 Å². The molecule has 2 aromatic carbocycles.